The molecule has 0 fully saturated rings. The van der Waals surface area contributed by atoms with E-state index in [0.29, 0.717) is 5.88 Å². The Morgan fingerprint density at radius 1 is 1.29 bits per heavy atom. The van der Waals surface area contributed by atoms with Crippen LogP contribution in [0.15, 0.2) is 41.7 Å². The molecule has 0 saturated carbocycles. The molecule has 0 aliphatic carbocycles. The van der Waals surface area contributed by atoms with Crippen molar-refractivity contribution in [1.82, 2.24) is 0 Å². The fraction of sp³-hybridized carbons (Fsp3) is 0.308. The number of methoxy groups -OCH3 is 1. The SMILES string of the molecule is C=C(/N=C/c1ccccc1OC)O[Si](C)(C)C. The summed E-state index contributed by atoms with van der Waals surface area (Å²) in [6.45, 7) is 10.1. The van der Waals surface area contributed by atoms with Crippen LogP contribution in [0, 0.1) is 0 Å². The third kappa shape index (κ3) is 4.87. The summed E-state index contributed by atoms with van der Waals surface area (Å²) in [6, 6.07) is 7.68. The molecule has 0 bridgehead atoms. The largest absolute Gasteiger partial charge is 0.532 e. The maximum absolute atomic E-state index is 5.64. The van der Waals surface area contributed by atoms with Gasteiger partial charge in [-0.2, -0.15) is 0 Å². The van der Waals surface area contributed by atoms with Crippen molar-refractivity contribution >= 4 is 14.5 Å². The zero-order valence-electron chi connectivity index (χ0n) is 10.9. The van der Waals surface area contributed by atoms with Crippen LogP contribution in [-0.4, -0.2) is 21.6 Å². The third-order valence-corrected chi connectivity index (χ3v) is 2.76. The Bertz CT molecular complexity index is 422. The minimum atomic E-state index is -1.62. The normalized spacial score (nSPS) is 11.5. The molecular weight excluding hydrogens is 230 g/mol. The molecule has 92 valence electrons. The zero-order chi connectivity index (χ0) is 12.9. The van der Waals surface area contributed by atoms with Gasteiger partial charge in [-0.15, -0.1) is 0 Å². The van der Waals surface area contributed by atoms with E-state index in [4.69, 9.17) is 9.16 Å². The van der Waals surface area contributed by atoms with E-state index in [1.807, 2.05) is 24.3 Å². The Labute approximate surface area is 104 Å². The van der Waals surface area contributed by atoms with E-state index < -0.39 is 8.32 Å². The fourth-order valence-electron chi connectivity index (χ4n) is 1.29. The summed E-state index contributed by atoms with van der Waals surface area (Å²) in [6.07, 6.45) is 1.71. The van der Waals surface area contributed by atoms with E-state index in [1.165, 1.54) is 0 Å². The lowest BCUT2D eigenvalue weighted by Gasteiger charge is -2.18. The van der Waals surface area contributed by atoms with Gasteiger partial charge < -0.3 is 9.16 Å². The highest BCUT2D eigenvalue weighted by atomic mass is 28.4. The molecule has 0 aliphatic heterocycles. The van der Waals surface area contributed by atoms with Gasteiger partial charge in [-0.3, -0.25) is 0 Å². The van der Waals surface area contributed by atoms with Crippen molar-refractivity contribution in [1.29, 1.82) is 0 Å². The first-order valence-corrected chi connectivity index (χ1v) is 8.88. The number of rotatable bonds is 5. The highest BCUT2D eigenvalue weighted by molar-refractivity contribution is 6.70. The minimum Gasteiger partial charge on any atom is -0.532 e. The van der Waals surface area contributed by atoms with Gasteiger partial charge >= 0.3 is 0 Å². The van der Waals surface area contributed by atoms with Gasteiger partial charge in [0.15, 0.2) is 5.88 Å². The van der Waals surface area contributed by atoms with Crippen molar-refractivity contribution in [3.05, 3.63) is 42.3 Å². The van der Waals surface area contributed by atoms with Crippen LogP contribution < -0.4 is 4.74 Å². The van der Waals surface area contributed by atoms with Crippen molar-refractivity contribution in [2.75, 3.05) is 7.11 Å². The highest BCUT2D eigenvalue weighted by Gasteiger charge is 2.16. The Morgan fingerprint density at radius 2 is 1.94 bits per heavy atom. The molecule has 0 unspecified atom stereocenters. The van der Waals surface area contributed by atoms with Gasteiger partial charge in [0, 0.05) is 11.8 Å². The van der Waals surface area contributed by atoms with Crippen LogP contribution in [0.1, 0.15) is 5.56 Å². The second-order valence-corrected chi connectivity index (χ2v) is 9.04. The molecule has 3 nitrogen and oxygen atoms in total. The average Bonchev–Trinajstić information content (AvgIpc) is 2.24. The van der Waals surface area contributed by atoms with Gasteiger partial charge in [0.25, 0.3) is 0 Å². The van der Waals surface area contributed by atoms with Crippen LogP contribution >= 0.6 is 0 Å². The molecule has 0 aliphatic rings. The van der Waals surface area contributed by atoms with Crippen LogP contribution in [0.25, 0.3) is 0 Å². The monoisotopic (exact) mass is 249 g/mol. The molecule has 17 heavy (non-hydrogen) atoms. The lowest BCUT2D eigenvalue weighted by atomic mass is 10.2. The molecular formula is C13H19NO2Si. The van der Waals surface area contributed by atoms with Crippen molar-refractivity contribution in [2.45, 2.75) is 19.6 Å². The molecule has 0 spiro atoms. The maximum atomic E-state index is 5.64. The Hall–Kier alpha value is -1.55. The summed E-state index contributed by atoms with van der Waals surface area (Å²) >= 11 is 0. The molecule has 0 aromatic heterocycles. The molecule has 4 heteroatoms. The quantitative estimate of drug-likeness (QED) is 0.455. The number of hydrogen-bond acceptors (Lipinski definition) is 3. The highest BCUT2D eigenvalue weighted by Crippen LogP contribution is 2.16. The summed E-state index contributed by atoms with van der Waals surface area (Å²) in [4.78, 5) is 4.20. The van der Waals surface area contributed by atoms with Gasteiger partial charge in [-0.05, 0) is 38.4 Å². The Kier molecular flexibility index (Phi) is 4.51. The van der Waals surface area contributed by atoms with Crippen molar-refractivity contribution in [2.24, 2.45) is 4.99 Å². The van der Waals surface area contributed by atoms with Gasteiger partial charge in [0.05, 0.1) is 7.11 Å². The van der Waals surface area contributed by atoms with Gasteiger partial charge in [-0.25, -0.2) is 4.99 Å². The van der Waals surface area contributed by atoms with Crippen molar-refractivity contribution in [3.63, 3.8) is 0 Å². The van der Waals surface area contributed by atoms with Crippen molar-refractivity contribution in [3.8, 4) is 5.75 Å². The number of nitrogens with zero attached hydrogens (tertiary/aromatic N) is 1. The number of hydrogen-bond donors (Lipinski definition) is 0. The van der Waals surface area contributed by atoms with Gasteiger partial charge in [0.1, 0.15) is 5.75 Å². The lowest BCUT2D eigenvalue weighted by Crippen LogP contribution is -2.24. The second kappa shape index (κ2) is 5.68. The number of benzene rings is 1. The van der Waals surface area contributed by atoms with E-state index in [2.05, 4.69) is 31.2 Å². The van der Waals surface area contributed by atoms with Crippen LogP contribution in [0.3, 0.4) is 0 Å². The van der Waals surface area contributed by atoms with Crippen LogP contribution in [0.5, 0.6) is 5.75 Å². The topological polar surface area (TPSA) is 30.8 Å². The molecule has 1 aromatic rings. The Morgan fingerprint density at radius 3 is 2.53 bits per heavy atom. The minimum absolute atomic E-state index is 0.454. The molecule has 0 heterocycles. The first-order valence-electron chi connectivity index (χ1n) is 5.47. The van der Waals surface area contributed by atoms with Crippen LogP contribution in [0.2, 0.25) is 19.6 Å². The summed E-state index contributed by atoms with van der Waals surface area (Å²) in [5.74, 6) is 1.24. The summed E-state index contributed by atoms with van der Waals surface area (Å²) in [7, 11) is 0.0140. The molecule has 0 atom stereocenters. The summed E-state index contributed by atoms with van der Waals surface area (Å²) in [5.41, 5.74) is 0.912. The standard InChI is InChI=1S/C13H19NO2Si/c1-11(16-17(3,4)5)14-10-12-8-6-7-9-13(12)15-2/h6-10H,1H2,2-5H3/b14-10+. The Balaban J connectivity index is 2.74. The van der Waals surface area contributed by atoms with Gasteiger partial charge in [0.2, 0.25) is 8.32 Å². The van der Waals surface area contributed by atoms with Crippen molar-refractivity contribution < 1.29 is 9.16 Å². The first-order chi connectivity index (χ1) is 7.92. The number of aliphatic imine (C=N–C) groups is 1. The summed E-state index contributed by atoms with van der Waals surface area (Å²) in [5, 5.41) is 0. The lowest BCUT2D eigenvalue weighted by molar-refractivity contribution is 0.413. The smallest absolute Gasteiger partial charge is 0.244 e. The van der Waals surface area contributed by atoms with Crippen LogP contribution in [-0.2, 0) is 4.43 Å². The predicted molar refractivity (Wildman–Crippen MR) is 74.2 cm³/mol. The van der Waals surface area contributed by atoms with E-state index in [0.717, 1.165) is 11.3 Å². The van der Waals surface area contributed by atoms with E-state index in [9.17, 15) is 0 Å². The number of ether oxygens (including phenoxy) is 1. The molecule has 1 aromatic carbocycles. The second-order valence-electron chi connectivity index (χ2n) is 4.61. The summed E-state index contributed by atoms with van der Waals surface area (Å²) < 4.78 is 10.9. The van der Waals surface area contributed by atoms with E-state index in [-0.39, 0.29) is 0 Å². The fourth-order valence-corrected chi connectivity index (χ4v) is 2.05. The predicted octanol–water partition coefficient (Wildman–Crippen LogP) is 3.44. The van der Waals surface area contributed by atoms with Crippen LogP contribution in [0.4, 0.5) is 0 Å². The molecule has 0 amide bonds. The molecule has 0 saturated heterocycles. The molecule has 0 N–H and O–H groups in total. The van der Waals surface area contributed by atoms with E-state index >= 15 is 0 Å². The molecule has 0 radical (unpaired) electrons. The third-order valence-electron chi connectivity index (χ3n) is 1.91. The van der Waals surface area contributed by atoms with Gasteiger partial charge in [-0.1, -0.05) is 12.1 Å². The maximum Gasteiger partial charge on any atom is 0.244 e. The average molecular weight is 249 g/mol. The van der Waals surface area contributed by atoms with E-state index in [1.54, 1.807) is 13.3 Å². The zero-order valence-corrected chi connectivity index (χ0v) is 11.9. The first kappa shape index (κ1) is 13.5. The number of para-hydroxylation sites is 1. The molecule has 1 rings (SSSR count).